The van der Waals surface area contributed by atoms with Crippen molar-refractivity contribution in [1.29, 1.82) is 0 Å². The maximum absolute atomic E-state index is 14.9. The number of nitrogens with zero attached hydrogens (tertiary/aromatic N) is 2. The molecule has 1 N–H and O–H groups in total. The van der Waals surface area contributed by atoms with Crippen molar-refractivity contribution >= 4 is 15.7 Å². The highest BCUT2D eigenvalue weighted by Gasteiger charge is 2.22. The first-order chi connectivity index (χ1) is 19.1. The van der Waals surface area contributed by atoms with Gasteiger partial charge < -0.3 is 0 Å². The molecule has 2 heterocycles. The van der Waals surface area contributed by atoms with Gasteiger partial charge >= 0.3 is 0 Å². The van der Waals surface area contributed by atoms with Crippen LogP contribution in [0.1, 0.15) is 87.2 Å². The zero-order valence-electron chi connectivity index (χ0n) is 24.0. The highest BCUT2D eigenvalue weighted by Crippen LogP contribution is 2.30. The van der Waals surface area contributed by atoms with E-state index in [0.29, 0.717) is 0 Å². The van der Waals surface area contributed by atoms with Gasteiger partial charge in [-0.25, -0.2) is 12.8 Å². The lowest BCUT2D eigenvalue weighted by Gasteiger charge is -2.29. The fourth-order valence-electron chi connectivity index (χ4n) is 6.00. The Labute approximate surface area is 239 Å². The monoisotopic (exact) mass is 563 g/mol. The van der Waals surface area contributed by atoms with Gasteiger partial charge in [-0.15, -0.1) is 0 Å². The predicted molar refractivity (Wildman–Crippen MR) is 159 cm³/mol. The first-order valence-corrected chi connectivity index (χ1v) is 16.2. The van der Waals surface area contributed by atoms with Crippen molar-refractivity contribution in [2.24, 2.45) is 5.92 Å². The van der Waals surface area contributed by atoms with Crippen LogP contribution in [-0.2, 0) is 41.4 Å². The average Bonchev–Trinajstić information content (AvgIpc) is 3.43. The van der Waals surface area contributed by atoms with Crippen molar-refractivity contribution in [3.8, 4) is 0 Å². The molecule has 0 amide bonds. The Morgan fingerprint density at radius 2 is 1.77 bits per heavy atom. The summed E-state index contributed by atoms with van der Waals surface area (Å²) in [7, 11) is -3.90. The first kappa shape index (κ1) is 28.7. The number of fused-ring (bicyclic) bond motifs is 1. The molecule has 0 radical (unpaired) electrons. The zero-order valence-corrected chi connectivity index (χ0v) is 24.9. The van der Waals surface area contributed by atoms with Crippen LogP contribution >= 0.6 is 0 Å². The summed E-state index contributed by atoms with van der Waals surface area (Å²) < 4.78 is 43.6. The van der Waals surface area contributed by atoms with E-state index in [2.05, 4.69) is 47.5 Å². The van der Waals surface area contributed by atoms with Crippen LogP contribution < -0.4 is 4.72 Å². The Morgan fingerprint density at radius 1 is 1.00 bits per heavy atom. The number of sulfonamides is 1. The molecule has 1 fully saturated rings. The van der Waals surface area contributed by atoms with Gasteiger partial charge in [0.15, 0.2) is 0 Å². The van der Waals surface area contributed by atoms with E-state index in [0.717, 1.165) is 67.2 Å². The van der Waals surface area contributed by atoms with Gasteiger partial charge in [-0.2, -0.15) is 0 Å². The summed E-state index contributed by atoms with van der Waals surface area (Å²) in [6.07, 6.45) is 11.1. The Bertz CT molecular complexity index is 1430. The van der Waals surface area contributed by atoms with Crippen LogP contribution in [0.2, 0.25) is 0 Å². The molecule has 0 spiro atoms. The summed E-state index contributed by atoms with van der Waals surface area (Å²) >= 11 is 0. The van der Waals surface area contributed by atoms with Crippen molar-refractivity contribution in [3.63, 3.8) is 0 Å². The topological polar surface area (TPSA) is 62.3 Å². The Balaban J connectivity index is 1.19. The molecule has 5 rings (SSSR count). The summed E-state index contributed by atoms with van der Waals surface area (Å²) in [5.41, 5.74) is 5.33. The van der Waals surface area contributed by atoms with E-state index < -0.39 is 15.8 Å². The molecule has 0 atom stereocenters. The minimum absolute atomic E-state index is 0.00507. The highest BCUT2D eigenvalue weighted by atomic mass is 32.2. The largest absolute Gasteiger partial charge is 0.294 e. The lowest BCUT2D eigenvalue weighted by atomic mass is 9.91. The third kappa shape index (κ3) is 7.10. The smallest absolute Gasteiger partial charge is 0.261 e. The molecule has 40 heavy (non-hydrogen) atoms. The number of hydrogen-bond acceptors (Lipinski definition) is 4. The van der Waals surface area contributed by atoms with Crippen LogP contribution in [-0.4, -0.2) is 24.8 Å². The number of nitrogens with one attached hydrogen (secondary N) is 1. The summed E-state index contributed by atoms with van der Waals surface area (Å²) in [4.78, 5) is 7.17. The quantitative estimate of drug-likeness (QED) is 0.295. The second-order valence-corrected chi connectivity index (χ2v) is 14.3. The highest BCUT2D eigenvalue weighted by molar-refractivity contribution is 7.92. The van der Waals surface area contributed by atoms with Crippen LogP contribution in [0, 0.1) is 11.7 Å². The number of benzene rings is 2. The van der Waals surface area contributed by atoms with Gasteiger partial charge in [0, 0.05) is 36.9 Å². The van der Waals surface area contributed by atoms with E-state index in [-0.39, 0.29) is 16.0 Å². The van der Waals surface area contributed by atoms with Gasteiger partial charge in [0.1, 0.15) is 5.82 Å². The van der Waals surface area contributed by atoms with E-state index in [4.69, 9.17) is 0 Å². The molecule has 7 heteroatoms. The molecule has 0 saturated heterocycles. The number of hydrogen-bond donors (Lipinski definition) is 1. The minimum atomic E-state index is -3.90. The lowest BCUT2D eigenvalue weighted by Crippen LogP contribution is -2.30. The number of anilines is 1. The van der Waals surface area contributed by atoms with Gasteiger partial charge in [0.25, 0.3) is 10.0 Å². The number of halogens is 1. The summed E-state index contributed by atoms with van der Waals surface area (Å²) in [6, 6.07) is 14.4. The molecule has 1 aliphatic carbocycles. The lowest BCUT2D eigenvalue weighted by molar-refractivity contribution is 0.245. The molecule has 1 saturated carbocycles. The van der Waals surface area contributed by atoms with Gasteiger partial charge in [-0.3, -0.25) is 14.6 Å². The minimum Gasteiger partial charge on any atom is -0.294 e. The van der Waals surface area contributed by atoms with Crippen molar-refractivity contribution in [2.45, 2.75) is 95.5 Å². The van der Waals surface area contributed by atoms with E-state index >= 15 is 0 Å². The van der Waals surface area contributed by atoms with E-state index in [1.165, 1.54) is 43.7 Å². The molecular weight excluding hydrogens is 521 g/mol. The fraction of sp³-hybridized carbons (Fsp3) is 0.485. The molecule has 1 aromatic heterocycles. The molecule has 1 aliphatic heterocycles. The number of pyridine rings is 1. The Morgan fingerprint density at radius 3 is 2.48 bits per heavy atom. The van der Waals surface area contributed by atoms with Crippen molar-refractivity contribution in [3.05, 3.63) is 88.5 Å². The third-order valence-corrected chi connectivity index (χ3v) is 9.77. The van der Waals surface area contributed by atoms with E-state index in [9.17, 15) is 12.8 Å². The fourth-order valence-corrected chi connectivity index (χ4v) is 7.12. The molecule has 5 nitrogen and oxygen atoms in total. The number of aromatic nitrogens is 1. The standard InChI is InChI=1S/C33H42FN3O2S/c1-33(2,3)32-16-12-26(21-35-32)22-37-18-17-27-20-29(14-13-28(27)23-37)40(38,39)36-31-15-11-25(19-30(31)34)10-6-9-24-7-4-5-8-24/h11-16,19-21,24,36H,4-10,17-18,22-23H2,1-3H3. The zero-order chi connectivity index (χ0) is 28.3. The Hall–Kier alpha value is -2.77. The van der Waals surface area contributed by atoms with Crippen LogP contribution in [0.3, 0.4) is 0 Å². The average molecular weight is 564 g/mol. The maximum Gasteiger partial charge on any atom is 0.261 e. The van der Waals surface area contributed by atoms with Gasteiger partial charge in [-0.1, -0.05) is 71.1 Å². The summed E-state index contributed by atoms with van der Waals surface area (Å²) in [5, 5.41) is 0. The molecule has 3 aromatic rings. The van der Waals surface area contributed by atoms with Crippen LogP contribution in [0.15, 0.2) is 59.6 Å². The normalized spacial score (nSPS) is 16.7. The SMILES string of the molecule is CC(C)(C)c1ccc(CN2CCc3cc(S(=O)(=O)Nc4ccc(CCCC5CCCC5)cc4F)ccc3C2)cn1. The molecule has 2 aliphatic rings. The Kier molecular flexibility index (Phi) is 8.62. The second kappa shape index (κ2) is 12.0. The maximum atomic E-state index is 14.9. The molecule has 0 unspecified atom stereocenters. The van der Waals surface area contributed by atoms with Crippen LogP contribution in [0.4, 0.5) is 10.1 Å². The molecule has 2 aromatic carbocycles. The van der Waals surface area contributed by atoms with Crippen molar-refractivity contribution < 1.29 is 12.8 Å². The molecular formula is C33H42FN3O2S. The van der Waals surface area contributed by atoms with E-state index in [1.54, 1.807) is 18.2 Å². The van der Waals surface area contributed by atoms with E-state index in [1.807, 2.05) is 18.3 Å². The molecule has 0 bridgehead atoms. The number of aryl methyl sites for hydroxylation is 1. The van der Waals surface area contributed by atoms with Crippen molar-refractivity contribution in [2.75, 3.05) is 11.3 Å². The predicted octanol–water partition coefficient (Wildman–Crippen LogP) is 7.39. The second-order valence-electron chi connectivity index (χ2n) is 12.7. The van der Waals surface area contributed by atoms with Gasteiger partial charge in [0.2, 0.25) is 0 Å². The summed E-state index contributed by atoms with van der Waals surface area (Å²) in [6.45, 7) is 8.86. The van der Waals surface area contributed by atoms with Crippen LogP contribution in [0.5, 0.6) is 0 Å². The first-order valence-electron chi connectivity index (χ1n) is 14.7. The van der Waals surface area contributed by atoms with Gasteiger partial charge in [-0.05, 0) is 77.8 Å². The summed E-state index contributed by atoms with van der Waals surface area (Å²) in [5.74, 6) is 0.291. The number of rotatable bonds is 9. The van der Waals surface area contributed by atoms with Crippen LogP contribution in [0.25, 0.3) is 0 Å². The van der Waals surface area contributed by atoms with Crippen molar-refractivity contribution in [1.82, 2.24) is 9.88 Å². The third-order valence-electron chi connectivity index (χ3n) is 8.41. The molecule has 214 valence electrons. The van der Waals surface area contributed by atoms with Gasteiger partial charge in [0.05, 0.1) is 10.6 Å².